The average molecular weight is 243 g/mol. The van der Waals surface area contributed by atoms with E-state index in [0.29, 0.717) is 0 Å². The molecule has 96 valence electrons. The molecule has 7 heteroatoms. The smallest absolute Gasteiger partial charge is 0.389 e. The van der Waals surface area contributed by atoms with Crippen molar-refractivity contribution in [3.05, 3.63) is 0 Å². The molecule has 0 bridgehead atoms. The van der Waals surface area contributed by atoms with Gasteiger partial charge in [-0.2, -0.15) is 13.2 Å². The fourth-order valence-electron chi connectivity index (χ4n) is 1.03. The molecular weight excluding hydrogens is 227 g/mol. The van der Waals surface area contributed by atoms with Gasteiger partial charge in [-0.1, -0.05) is 0 Å². The highest BCUT2D eigenvalue weighted by Crippen LogP contribution is 2.14. The Bertz CT molecular complexity index is 235. The standard InChI is InChI=1S/C9H16F3NO3/c1-8(2,15)5-13(3)7(14)4-16-6-9(10,11)12/h15H,4-6H2,1-3H3. The van der Waals surface area contributed by atoms with E-state index in [-0.39, 0.29) is 6.54 Å². The van der Waals surface area contributed by atoms with Gasteiger partial charge in [0.15, 0.2) is 0 Å². The molecule has 4 nitrogen and oxygen atoms in total. The van der Waals surface area contributed by atoms with Crippen LogP contribution in [-0.4, -0.2) is 54.5 Å². The summed E-state index contributed by atoms with van der Waals surface area (Å²) in [5.41, 5.74) is -1.09. The number of ether oxygens (including phenoxy) is 1. The van der Waals surface area contributed by atoms with E-state index in [4.69, 9.17) is 0 Å². The first-order valence-electron chi connectivity index (χ1n) is 4.62. The molecule has 0 radical (unpaired) electrons. The van der Waals surface area contributed by atoms with Gasteiger partial charge in [0.2, 0.25) is 5.91 Å². The van der Waals surface area contributed by atoms with Gasteiger partial charge >= 0.3 is 6.18 Å². The highest BCUT2D eigenvalue weighted by atomic mass is 19.4. The molecule has 0 saturated carbocycles. The summed E-state index contributed by atoms with van der Waals surface area (Å²) in [4.78, 5) is 12.4. The summed E-state index contributed by atoms with van der Waals surface area (Å²) in [5, 5.41) is 9.38. The van der Waals surface area contributed by atoms with Crippen molar-refractivity contribution in [3.8, 4) is 0 Å². The summed E-state index contributed by atoms with van der Waals surface area (Å²) in [5.74, 6) is -0.605. The summed E-state index contributed by atoms with van der Waals surface area (Å²) >= 11 is 0. The van der Waals surface area contributed by atoms with Gasteiger partial charge in [-0.3, -0.25) is 4.79 Å². The van der Waals surface area contributed by atoms with Gasteiger partial charge < -0.3 is 14.7 Å². The highest BCUT2D eigenvalue weighted by molar-refractivity contribution is 5.77. The van der Waals surface area contributed by atoms with Crippen LogP contribution in [0.5, 0.6) is 0 Å². The van der Waals surface area contributed by atoms with Crippen LogP contribution in [0.4, 0.5) is 13.2 Å². The number of halogens is 3. The van der Waals surface area contributed by atoms with Crippen LogP contribution in [0.3, 0.4) is 0 Å². The Morgan fingerprint density at radius 3 is 2.25 bits per heavy atom. The second-order valence-corrected chi connectivity index (χ2v) is 4.17. The van der Waals surface area contributed by atoms with E-state index in [1.54, 1.807) is 0 Å². The van der Waals surface area contributed by atoms with Crippen molar-refractivity contribution in [1.29, 1.82) is 0 Å². The molecule has 0 aliphatic rings. The Labute approximate surface area is 92.0 Å². The highest BCUT2D eigenvalue weighted by Gasteiger charge is 2.28. The van der Waals surface area contributed by atoms with E-state index in [9.17, 15) is 23.1 Å². The zero-order valence-electron chi connectivity index (χ0n) is 9.47. The lowest BCUT2D eigenvalue weighted by molar-refractivity contribution is -0.178. The molecule has 16 heavy (non-hydrogen) atoms. The number of likely N-dealkylation sites (N-methyl/N-ethyl adjacent to an activating group) is 1. The minimum Gasteiger partial charge on any atom is -0.389 e. The van der Waals surface area contributed by atoms with Gasteiger partial charge in [-0.05, 0) is 13.8 Å². The van der Waals surface area contributed by atoms with Crippen molar-refractivity contribution in [2.24, 2.45) is 0 Å². The summed E-state index contributed by atoms with van der Waals surface area (Å²) in [6.45, 7) is 0.920. The molecule has 1 N–H and O–H groups in total. The van der Waals surface area contributed by atoms with Crippen LogP contribution in [0.25, 0.3) is 0 Å². The van der Waals surface area contributed by atoms with Gasteiger partial charge in [0.25, 0.3) is 0 Å². The van der Waals surface area contributed by atoms with Gasteiger partial charge in [0.05, 0.1) is 5.60 Å². The summed E-state index contributed by atoms with van der Waals surface area (Å²) in [7, 11) is 1.39. The summed E-state index contributed by atoms with van der Waals surface area (Å²) < 4.78 is 39.3. The van der Waals surface area contributed by atoms with Crippen molar-refractivity contribution in [3.63, 3.8) is 0 Å². The first-order chi connectivity index (χ1) is 7.01. The quantitative estimate of drug-likeness (QED) is 0.776. The Hall–Kier alpha value is -0.820. The maximum atomic E-state index is 11.7. The van der Waals surface area contributed by atoms with Crippen LogP contribution in [0.1, 0.15) is 13.8 Å². The lowest BCUT2D eigenvalue weighted by atomic mass is 10.1. The third-order valence-corrected chi connectivity index (χ3v) is 1.54. The SMILES string of the molecule is CN(CC(C)(C)O)C(=O)COCC(F)(F)F. The van der Waals surface area contributed by atoms with Crippen LogP contribution in [-0.2, 0) is 9.53 Å². The van der Waals surface area contributed by atoms with E-state index in [1.165, 1.54) is 20.9 Å². The molecule has 1 amide bonds. The number of carbonyl (C=O) groups excluding carboxylic acids is 1. The van der Waals surface area contributed by atoms with Crippen molar-refractivity contribution in [2.75, 3.05) is 26.8 Å². The lowest BCUT2D eigenvalue weighted by Gasteiger charge is -2.25. The van der Waals surface area contributed by atoms with Crippen molar-refractivity contribution in [1.82, 2.24) is 4.90 Å². The number of hydrogen-bond donors (Lipinski definition) is 1. The monoisotopic (exact) mass is 243 g/mol. The van der Waals surface area contributed by atoms with E-state index in [1.807, 2.05) is 0 Å². The minimum absolute atomic E-state index is 0.0290. The largest absolute Gasteiger partial charge is 0.411 e. The molecular formula is C9H16F3NO3. The molecule has 0 saturated heterocycles. The van der Waals surface area contributed by atoms with Gasteiger partial charge in [-0.15, -0.1) is 0 Å². The van der Waals surface area contributed by atoms with Crippen LogP contribution in [0.15, 0.2) is 0 Å². The second kappa shape index (κ2) is 5.49. The molecule has 0 heterocycles. The zero-order valence-corrected chi connectivity index (χ0v) is 9.47. The molecule has 0 aliphatic heterocycles. The molecule has 0 rings (SSSR count). The predicted octanol–water partition coefficient (Wildman–Crippen LogP) is 0.795. The topological polar surface area (TPSA) is 49.8 Å². The summed E-state index contributed by atoms with van der Waals surface area (Å²) in [6.07, 6.45) is -4.44. The Morgan fingerprint density at radius 2 is 1.88 bits per heavy atom. The lowest BCUT2D eigenvalue weighted by Crippen LogP contribution is -2.41. The maximum Gasteiger partial charge on any atom is 0.411 e. The van der Waals surface area contributed by atoms with E-state index in [2.05, 4.69) is 4.74 Å². The fourth-order valence-corrected chi connectivity index (χ4v) is 1.03. The number of amides is 1. The van der Waals surface area contributed by atoms with Crippen molar-refractivity contribution >= 4 is 5.91 Å². The maximum absolute atomic E-state index is 11.7. The molecule has 0 fully saturated rings. The number of nitrogens with zero attached hydrogens (tertiary/aromatic N) is 1. The fraction of sp³-hybridized carbons (Fsp3) is 0.889. The molecule has 0 aromatic carbocycles. The van der Waals surface area contributed by atoms with Gasteiger partial charge in [0, 0.05) is 13.6 Å². The van der Waals surface area contributed by atoms with E-state index < -0.39 is 30.9 Å². The third kappa shape index (κ3) is 8.49. The number of alkyl halides is 3. The van der Waals surface area contributed by atoms with Crippen molar-refractivity contribution < 1.29 is 27.8 Å². The molecule has 0 aromatic heterocycles. The Morgan fingerprint density at radius 1 is 1.38 bits per heavy atom. The molecule has 0 aliphatic carbocycles. The third-order valence-electron chi connectivity index (χ3n) is 1.54. The van der Waals surface area contributed by atoms with Crippen LogP contribution in [0, 0.1) is 0 Å². The first kappa shape index (κ1) is 15.2. The van der Waals surface area contributed by atoms with Crippen LogP contribution in [0.2, 0.25) is 0 Å². The normalized spacial score (nSPS) is 12.7. The zero-order chi connectivity index (χ0) is 13.0. The Balaban J connectivity index is 3.90. The van der Waals surface area contributed by atoms with E-state index in [0.717, 1.165) is 4.90 Å². The number of hydrogen-bond acceptors (Lipinski definition) is 3. The second-order valence-electron chi connectivity index (χ2n) is 4.17. The number of aliphatic hydroxyl groups is 1. The average Bonchev–Trinajstić information content (AvgIpc) is 1.98. The number of carbonyl (C=O) groups is 1. The minimum atomic E-state index is -4.44. The van der Waals surface area contributed by atoms with Crippen molar-refractivity contribution in [2.45, 2.75) is 25.6 Å². The van der Waals surface area contributed by atoms with E-state index >= 15 is 0 Å². The number of rotatable bonds is 5. The predicted molar refractivity (Wildman–Crippen MR) is 50.8 cm³/mol. The summed E-state index contributed by atoms with van der Waals surface area (Å²) in [6, 6.07) is 0. The van der Waals surface area contributed by atoms with Crippen LogP contribution < -0.4 is 0 Å². The van der Waals surface area contributed by atoms with Crippen LogP contribution >= 0.6 is 0 Å². The van der Waals surface area contributed by atoms with Gasteiger partial charge in [-0.25, -0.2) is 0 Å². The molecule has 0 spiro atoms. The molecule has 0 aromatic rings. The first-order valence-corrected chi connectivity index (χ1v) is 4.62. The molecule has 0 unspecified atom stereocenters. The molecule has 0 atom stereocenters. The Kier molecular flexibility index (Phi) is 5.21. The van der Waals surface area contributed by atoms with Gasteiger partial charge in [0.1, 0.15) is 13.2 Å².